The molecule has 4 rings (SSSR count). The highest BCUT2D eigenvalue weighted by Crippen LogP contribution is 2.37. The summed E-state index contributed by atoms with van der Waals surface area (Å²) in [5.41, 5.74) is 4.25. The second-order valence-electron chi connectivity index (χ2n) is 7.11. The zero-order chi connectivity index (χ0) is 20.4. The van der Waals surface area contributed by atoms with E-state index in [1.165, 1.54) is 17.3 Å². The highest BCUT2D eigenvalue weighted by molar-refractivity contribution is 8.00. The number of thioether (sulfide) groups is 2. The molecule has 1 aromatic heterocycles. The Morgan fingerprint density at radius 1 is 1.17 bits per heavy atom. The number of para-hydroxylation sites is 1. The van der Waals surface area contributed by atoms with E-state index < -0.39 is 0 Å². The second-order valence-corrected chi connectivity index (χ2v) is 9.53. The van der Waals surface area contributed by atoms with Gasteiger partial charge in [0.15, 0.2) is 0 Å². The molecule has 0 N–H and O–H groups in total. The number of amides is 1. The summed E-state index contributed by atoms with van der Waals surface area (Å²) in [4.78, 5) is 16.2. The predicted molar refractivity (Wildman–Crippen MR) is 118 cm³/mol. The first kappa shape index (κ1) is 20.0. The first-order valence-electron chi connectivity index (χ1n) is 9.58. The molecule has 3 aromatic rings. The van der Waals surface area contributed by atoms with Crippen molar-refractivity contribution in [2.75, 3.05) is 17.2 Å². The normalized spacial score (nSPS) is 16.4. The van der Waals surface area contributed by atoms with Crippen molar-refractivity contribution in [2.45, 2.75) is 42.5 Å². The molecular weight excluding hydrogens is 402 g/mol. The van der Waals surface area contributed by atoms with Gasteiger partial charge in [0, 0.05) is 16.7 Å². The average molecular weight is 426 g/mol. The van der Waals surface area contributed by atoms with Gasteiger partial charge in [-0.2, -0.15) is 4.68 Å². The summed E-state index contributed by atoms with van der Waals surface area (Å²) in [6.07, 6.45) is 0.968. The van der Waals surface area contributed by atoms with Gasteiger partial charge in [0.25, 0.3) is 0 Å². The molecule has 2 aromatic carbocycles. The van der Waals surface area contributed by atoms with E-state index in [2.05, 4.69) is 48.4 Å². The molecule has 0 spiro atoms. The number of benzene rings is 2. The Morgan fingerprint density at radius 2 is 1.97 bits per heavy atom. The van der Waals surface area contributed by atoms with E-state index in [9.17, 15) is 4.79 Å². The predicted octanol–water partition coefficient (Wildman–Crippen LogP) is 4.29. The van der Waals surface area contributed by atoms with Crippen molar-refractivity contribution in [3.8, 4) is 5.69 Å². The Kier molecular flexibility index (Phi) is 5.91. The molecule has 8 heteroatoms. The third kappa shape index (κ3) is 4.18. The van der Waals surface area contributed by atoms with Gasteiger partial charge in [-0.1, -0.05) is 43.0 Å². The molecule has 6 nitrogen and oxygen atoms in total. The summed E-state index contributed by atoms with van der Waals surface area (Å²) >= 11 is 3.21. The molecule has 1 amide bonds. The van der Waals surface area contributed by atoms with Crippen LogP contribution in [0.5, 0.6) is 0 Å². The summed E-state index contributed by atoms with van der Waals surface area (Å²) < 4.78 is 1.72. The van der Waals surface area contributed by atoms with Crippen LogP contribution in [-0.4, -0.2) is 43.7 Å². The van der Waals surface area contributed by atoms with Crippen LogP contribution in [0.3, 0.4) is 0 Å². The van der Waals surface area contributed by atoms with Gasteiger partial charge in [0.05, 0.1) is 17.1 Å². The Balaban J connectivity index is 1.53. The minimum atomic E-state index is 0.0765. The van der Waals surface area contributed by atoms with Crippen molar-refractivity contribution in [3.05, 3.63) is 53.6 Å². The Hall–Kier alpha value is -2.32. The number of aryl methyl sites for hydroxylation is 1. The second kappa shape index (κ2) is 8.59. The maximum Gasteiger partial charge on any atom is 0.237 e. The van der Waals surface area contributed by atoms with Gasteiger partial charge in [-0.3, -0.25) is 4.79 Å². The van der Waals surface area contributed by atoms with Gasteiger partial charge < -0.3 is 4.90 Å². The first-order valence-corrected chi connectivity index (χ1v) is 11.4. The molecule has 29 heavy (non-hydrogen) atoms. The van der Waals surface area contributed by atoms with Crippen LogP contribution in [0.4, 0.5) is 5.69 Å². The lowest BCUT2D eigenvalue weighted by Gasteiger charge is -2.22. The van der Waals surface area contributed by atoms with Crippen LogP contribution in [0.25, 0.3) is 5.69 Å². The fraction of sp³-hybridized carbons (Fsp3) is 0.333. The van der Waals surface area contributed by atoms with E-state index in [-0.39, 0.29) is 5.91 Å². The van der Waals surface area contributed by atoms with Crippen LogP contribution >= 0.6 is 23.5 Å². The van der Waals surface area contributed by atoms with Gasteiger partial charge in [0.1, 0.15) is 0 Å². The van der Waals surface area contributed by atoms with Crippen molar-refractivity contribution < 1.29 is 4.79 Å². The number of fused-ring (bicyclic) bond motifs is 1. The van der Waals surface area contributed by atoms with Gasteiger partial charge in [-0.15, -0.1) is 16.9 Å². The molecule has 1 atom stereocenters. The standard InChI is InChI=1S/C21H23N5OS2/c1-14-7-6-9-17(16(14)3)26-21(22-23-24-26)28-13-20(27)25-12-11-15(2)29-19-10-5-4-8-18(19)25/h4-10,15H,11-13H2,1-3H3. The SMILES string of the molecule is Cc1cccc(-n2nnnc2SCC(=O)N2CCC(C)Sc3ccccc32)c1C. The van der Waals surface area contributed by atoms with Crippen LogP contribution in [0, 0.1) is 13.8 Å². The summed E-state index contributed by atoms with van der Waals surface area (Å²) in [5, 5.41) is 13.2. The summed E-state index contributed by atoms with van der Waals surface area (Å²) in [7, 11) is 0. The van der Waals surface area contributed by atoms with Crippen molar-refractivity contribution in [1.29, 1.82) is 0 Å². The Morgan fingerprint density at radius 3 is 2.83 bits per heavy atom. The molecule has 1 aliphatic heterocycles. The molecule has 0 bridgehead atoms. The Bertz CT molecular complexity index is 1040. The molecule has 2 heterocycles. The number of anilines is 1. The molecule has 1 aliphatic rings. The minimum absolute atomic E-state index is 0.0765. The number of hydrogen-bond donors (Lipinski definition) is 0. The molecule has 0 saturated carbocycles. The van der Waals surface area contributed by atoms with E-state index in [1.54, 1.807) is 4.68 Å². The van der Waals surface area contributed by atoms with Crippen molar-refractivity contribution in [1.82, 2.24) is 20.2 Å². The van der Waals surface area contributed by atoms with Crippen molar-refractivity contribution in [3.63, 3.8) is 0 Å². The van der Waals surface area contributed by atoms with Crippen LogP contribution in [0.1, 0.15) is 24.5 Å². The fourth-order valence-corrected chi connectivity index (χ4v) is 5.21. The zero-order valence-electron chi connectivity index (χ0n) is 16.7. The largest absolute Gasteiger partial charge is 0.311 e. The number of aromatic nitrogens is 4. The number of nitrogens with zero attached hydrogens (tertiary/aromatic N) is 5. The fourth-order valence-electron chi connectivity index (χ4n) is 3.34. The molecule has 0 fully saturated rings. The molecule has 150 valence electrons. The van der Waals surface area contributed by atoms with Gasteiger partial charge in [-0.25, -0.2) is 0 Å². The summed E-state index contributed by atoms with van der Waals surface area (Å²) in [6.45, 7) is 7.06. The molecule has 1 unspecified atom stereocenters. The van der Waals surface area contributed by atoms with E-state index in [1.807, 2.05) is 47.0 Å². The van der Waals surface area contributed by atoms with Gasteiger partial charge >= 0.3 is 0 Å². The van der Waals surface area contributed by atoms with Gasteiger partial charge in [-0.05, 0) is 60.0 Å². The highest BCUT2D eigenvalue weighted by Gasteiger charge is 2.24. The van der Waals surface area contributed by atoms with E-state index >= 15 is 0 Å². The maximum absolute atomic E-state index is 13.1. The lowest BCUT2D eigenvalue weighted by Crippen LogP contribution is -2.33. The number of rotatable bonds is 4. The molecule has 0 saturated heterocycles. The summed E-state index contributed by atoms with van der Waals surface area (Å²) in [5.74, 6) is 0.367. The number of carbonyl (C=O) groups excluding carboxylic acids is 1. The van der Waals surface area contributed by atoms with E-state index in [0.29, 0.717) is 16.2 Å². The highest BCUT2D eigenvalue weighted by atomic mass is 32.2. The van der Waals surface area contributed by atoms with Crippen LogP contribution in [0.2, 0.25) is 0 Å². The monoisotopic (exact) mass is 425 g/mol. The third-order valence-electron chi connectivity index (χ3n) is 5.11. The lowest BCUT2D eigenvalue weighted by atomic mass is 10.1. The number of hydrogen-bond acceptors (Lipinski definition) is 6. The number of tetrazole rings is 1. The quantitative estimate of drug-likeness (QED) is 0.581. The first-order chi connectivity index (χ1) is 14.0. The third-order valence-corrected chi connectivity index (χ3v) is 7.26. The average Bonchev–Trinajstić information content (AvgIpc) is 3.10. The lowest BCUT2D eigenvalue weighted by molar-refractivity contribution is -0.116. The van der Waals surface area contributed by atoms with Crippen molar-refractivity contribution >= 4 is 35.1 Å². The van der Waals surface area contributed by atoms with Crippen molar-refractivity contribution in [2.24, 2.45) is 0 Å². The van der Waals surface area contributed by atoms with Crippen LogP contribution < -0.4 is 4.90 Å². The van der Waals surface area contributed by atoms with E-state index in [0.717, 1.165) is 34.8 Å². The van der Waals surface area contributed by atoms with Crippen LogP contribution in [-0.2, 0) is 4.79 Å². The smallest absolute Gasteiger partial charge is 0.237 e. The Labute approximate surface area is 179 Å². The number of carbonyl (C=O) groups is 1. The van der Waals surface area contributed by atoms with Gasteiger partial charge in [0.2, 0.25) is 11.1 Å². The molecule has 0 aliphatic carbocycles. The molecular formula is C21H23N5OS2. The topological polar surface area (TPSA) is 63.9 Å². The maximum atomic E-state index is 13.1. The van der Waals surface area contributed by atoms with E-state index in [4.69, 9.17) is 0 Å². The summed E-state index contributed by atoms with van der Waals surface area (Å²) in [6, 6.07) is 14.2. The minimum Gasteiger partial charge on any atom is -0.311 e. The van der Waals surface area contributed by atoms with Crippen LogP contribution in [0.15, 0.2) is 52.5 Å². The molecule has 0 radical (unpaired) electrons. The zero-order valence-corrected chi connectivity index (χ0v) is 18.3.